The van der Waals surface area contributed by atoms with Crippen LogP contribution in [-0.2, 0) is 16.1 Å². The molecule has 2 aromatic carbocycles. The molecule has 0 spiro atoms. The Labute approximate surface area is 165 Å². The van der Waals surface area contributed by atoms with Crippen LogP contribution in [0.1, 0.15) is 17.3 Å². The van der Waals surface area contributed by atoms with Gasteiger partial charge in [-0.15, -0.1) is 0 Å². The molecule has 0 aliphatic heterocycles. The van der Waals surface area contributed by atoms with Crippen LogP contribution in [-0.4, -0.2) is 37.1 Å². The Morgan fingerprint density at radius 1 is 1.18 bits per heavy atom. The summed E-state index contributed by atoms with van der Waals surface area (Å²) in [4.78, 5) is 30.9. The van der Waals surface area contributed by atoms with Gasteiger partial charge >= 0.3 is 5.97 Å². The third-order valence-corrected chi connectivity index (χ3v) is 5.12. The summed E-state index contributed by atoms with van der Waals surface area (Å²) < 4.78 is 21.3. The maximum absolute atomic E-state index is 14.4. The van der Waals surface area contributed by atoms with Crippen molar-refractivity contribution in [2.75, 3.05) is 25.6 Å². The zero-order chi connectivity index (χ0) is 20.3. The summed E-state index contributed by atoms with van der Waals surface area (Å²) in [6.07, 6.45) is 0. The lowest BCUT2D eigenvalue weighted by Gasteiger charge is -2.11. The number of thiazole rings is 1. The van der Waals surface area contributed by atoms with E-state index in [1.54, 1.807) is 31.2 Å². The van der Waals surface area contributed by atoms with Gasteiger partial charge in [-0.05, 0) is 43.3 Å². The summed E-state index contributed by atoms with van der Waals surface area (Å²) in [6.45, 7) is 1.69. The Balaban J connectivity index is 2.06. The summed E-state index contributed by atoms with van der Waals surface area (Å²) in [5.74, 6) is -1.47. The van der Waals surface area contributed by atoms with Crippen molar-refractivity contribution in [3.8, 4) is 0 Å². The Morgan fingerprint density at radius 3 is 2.54 bits per heavy atom. The summed E-state index contributed by atoms with van der Waals surface area (Å²) in [5.41, 5.74) is 1.60. The van der Waals surface area contributed by atoms with Crippen molar-refractivity contribution in [2.24, 2.45) is 4.99 Å². The molecule has 0 aliphatic carbocycles. The third-order valence-electron chi connectivity index (χ3n) is 4.07. The van der Waals surface area contributed by atoms with Crippen molar-refractivity contribution in [2.45, 2.75) is 13.5 Å². The van der Waals surface area contributed by atoms with Crippen LogP contribution in [0.15, 0.2) is 47.5 Å². The van der Waals surface area contributed by atoms with E-state index in [9.17, 15) is 14.0 Å². The second-order valence-corrected chi connectivity index (χ2v) is 7.23. The molecule has 1 amide bonds. The number of nitrogens with zero attached hydrogens (tertiary/aromatic N) is 3. The quantitative estimate of drug-likeness (QED) is 0.616. The number of amides is 1. The molecular formula is C20H20FN3O3S. The highest BCUT2D eigenvalue weighted by atomic mass is 32.1. The minimum Gasteiger partial charge on any atom is -0.465 e. The van der Waals surface area contributed by atoms with Crippen molar-refractivity contribution < 1.29 is 18.7 Å². The van der Waals surface area contributed by atoms with Crippen LogP contribution >= 0.6 is 11.3 Å². The lowest BCUT2D eigenvalue weighted by molar-refractivity contribution is -0.143. The van der Waals surface area contributed by atoms with Gasteiger partial charge in [-0.3, -0.25) is 9.59 Å². The van der Waals surface area contributed by atoms with Gasteiger partial charge in [-0.2, -0.15) is 4.99 Å². The highest BCUT2D eigenvalue weighted by Crippen LogP contribution is 2.21. The third kappa shape index (κ3) is 4.12. The maximum Gasteiger partial charge on any atom is 0.326 e. The maximum atomic E-state index is 14.4. The van der Waals surface area contributed by atoms with Gasteiger partial charge in [0.15, 0.2) is 4.80 Å². The average Bonchev–Trinajstić information content (AvgIpc) is 3.00. The number of carbonyl (C=O) groups excluding carboxylic acids is 2. The predicted octanol–water partition coefficient (Wildman–Crippen LogP) is 3.21. The van der Waals surface area contributed by atoms with Gasteiger partial charge in [0.25, 0.3) is 5.91 Å². The number of rotatable bonds is 5. The SMILES string of the molecule is CCOC(=O)Cn1c(=NC(=O)c2ccc(N(C)C)cc2)sc2cccc(F)c21. The summed E-state index contributed by atoms with van der Waals surface area (Å²) in [7, 11) is 3.82. The van der Waals surface area contributed by atoms with Crippen molar-refractivity contribution in [3.63, 3.8) is 0 Å². The molecule has 28 heavy (non-hydrogen) atoms. The van der Waals surface area contributed by atoms with Crippen molar-refractivity contribution >= 4 is 39.1 Å². The number of aromatic nitrogens is 1. The van der Waals surface area contributed by atoms with E-state index in [2.05, 4.69) is 4.99 Å². The fourth-order valence-corrected chi connectivity index (χ4v) is 3.75. The fourth-order valence-electron chi connectivity index (χ4n) is 2.71. The molecule has 0 saturated heterocycles. The molecule has 0 atom stereocenters. The Kier molecular flexibility index (Phi) is 5.89. The van der Waals surface area contributed by atoms with Gasteiger partial charge in [0.05, 0.1) is 16.8 Å². The summed E-state index contributed by atoms with van der Waals surface area (Å²) in [6, 6.07) is 11.6. The van der Waals surface area contributed by atoms with Crippen molar-refractivity contribution in [3.05, 3.63) is 58.6 Å². The van der Waals surface area contributed by atoms with Crippen LogP contribution in [0, 0.1) is 5.82 Å². The highest BCUT2D eigenvalue weighted by molar-refractivity contribution is 7.16. The molecule has 0 aliphatic rings. The normalized spacial score (nSPS) is 11.6. The van der Waals surface area contributed by atoms with E-state index in [1.807, 2.05) is 31.1 Å². The zero-order valence-electron chi connectivity index (χ0n) is 15.8. The van der Waals surface area contributed by atoms with Crippen LogP contribution in [0.5, 0.6) is 0 Å². The number of hydrogen-bond donors (Lipinski definition) is 0. The van der Waals surface area contributed by atoms with E-state index < -0.39 is 17.7 Å². The van der Waals surface area contributed by atoms with Crippen molar-refractivity contribution in [1.82, 2.24) is 4.57 Å². The highest BCUT2D eigenvalue weighted by Gasteiger charge is 2.15. The van der Waals surface area contributed by atoms with Gasteiger partial charge in [-0.1, -0.05) is 17.4 Å². The lowest BCUT2D eigenvalue weighted by atomic mass is 10.2. The molecule has 0 radical (unpaired) electrons. The number of hydrogen-bond acceptors (Lipinski definition) is 5. The number of esters is 1. The molecule has 3 aromatic rings. The molecule has 0 saturated carbocycles. The number of carbonyl (C=O) groups is 2. The van der Waals surface area contributed by atoms with Gasteiger partial charge in [0.2, 0.25) is 0 Å². The number of halogens is 1. The smallest absolute Gasteiger partial charge is 0.326 e. The summed E-state index contributed by atoms with van der Waals surface area (Å²) >= 11 is 1.15. The second-order valence-electron chi connectivity index (χ2n) is 6.22. The van der Waals surface area contributed by atoms with E-state index in [0.29, 0.717) is 10.3 Å². The van der Waals surface area contributed by atoms with E-state index >= 15 is 0 Å². The van der Waals surface area contributed by atoms with E-state index in [1.165, 1.54) is 10.6 Å². The number of ether oxygens (including phenoxy) is 1. The molecule has 0 fully saturated rings. The lowest BCUT2D eigenvalue weighted by Crippen LogP contribution is -2.23. The number of benzene rings is 2. The number of fused-ring (bicyclic) bond motifs is 1. The molecule has 6 nitrogen and oxygen atoms in total. The largest absolute Gasteiger partial charge is 0.465 e. The molecule has 0 unspecified atom stereocenters. The van der Waals surface area contributed by atoms with Crippen LogP contribution in [0.4, 0.5) is 10.1 Å². The topological polar surface area (TPSA) is 63.9 Å². The van der Waals surface area contributed by atoms with Gasteiger partial charge < -0.3 is 14.2 Å². The second kappa shape index (κ2) is 8.35. The zero-order valence-corrected chi connectivity index (χ0v) is 16.6. The Bertz CT molecular complexity index is 1080. The fraction of sp³-hybridized carbons (Fsp3) is 0.250. The van der Waals surface area contributed by atoms with Gasteiger partial charge in [-0.25, -0.2) is 4.39 Å². The van der Waals surface area contributed by atoms with Crippen molar-refractivity contribution in [1.29, 1.82) is 0 Å². The molecule has 8 heteroatoms. The van der Waals surface area contributed by atoms with E-state index in [0.717, 1.165) is 17.0 Å². The Morgan fingerprint density at radius 2 is 1.89 bits per heavy atom. The molecule has 146 valence electrons. The van der Waals surface area contributed by atoms with Gasteiger partial charge in [0, 0.05) is 25.3 Å². The molecule has 1 heterocycles. The van der Waals surface area contributed by atoms with E-state index in [-0.39, 0.29) is 23.5 Å². The average molecular weight is 401 g/mol. The molecule has 3 rings (SSSR count). The first-order valence-electron chi connectivity index (χ1n) is 8.70. The number of anilines is 1. The number of para-hydroxylation sites is 1. The molecular weight excluding hydrogens is 381 g/mol. The van der Waals surface area contributed by atoms with Crippen LogP contribution in [0.25, 0.3) is 10.2 Å². The summed E-state index contributed by atoms with van der Waals surface area (Å²) in [5, 5.41) is 0. The van der Waals surface area contributed by atoms with E-state index in [4.69, 9.17) is 4.74 Å². The minimum atomic E-state index is -0.519. The monoisotopic (exact) mass is 401 g/mol. The standard InChI is InChI=1S/C20H20FN3O3S/c1-4-27-17(25)12-24-18-15(21)6-5-7-16(18)28-20(24)22-19(26)13-8-10-14(11-9-13)23(2)3/h5-11H,4,12H2,1-3H3. The van der Waals surface area contributed by atoms with Crippen LogP contribution in [0.3, 0.4) is 0 Å². The van der Waals surface area contributed by atoms with Gasteiger partial charge in [0.1, 0.15) is 12.4 Å². The minimum absolute atomic E-state index is 0.216. The first-order chi connectivity index (χ1) is 13.4. The van der Waals surface area contributed by atoms with Crippen LogP contribution in [0.2, 0.25) is 0 Å². The molecule has 0 N–H and O–H groups in total. The Hall–Kier alpha value is -3.00. The molecule has 0 bridgehead atoms. The van der Waals surface area contributed by atoms with Crippen LogP contribution < -0.4 is 9.70 Å². The predicted molar refractivity (Wildman–Crippen MR) is 107 cm³/mol. The first-order valence-corrected chi connectivity index (χ1v) is 9.52. The first kappa shape index (κ1) is 19.8. The molecule has 1 aromatic heterocycles.